The first-order valence-electron chi connectivity index (χ1n) is 6.63. The normalized spacial score (nSPS) is 22.9. The molecule has 1 aliphatic rings. The van der Waals surface area contributed by atoms with Crippen LogP contribution in [0.25, 0.3) is 0 Å². The van der Waals surface area contributed by atoms with E-state index >= 15 is 0 Å². The molecule has 2 atom stereocenters. The van der Waals surface area contributed by atoms with E-state index in [0.29, 0.717) is 6.04 Å². The van der Waals surface area contributed by atoms with Crippen LogP contribution in [0.5, 0.6) is 0 Å². The van der Waals surface area contributed by atoms with Gasteiger partial charge in [-0.2, -0.15) is 0 Å². The summed E-state index contributed by atoms with van der Waals surface area (Å²) in [5.74, 6) is 0.827. The fraction of sp³-hybridized carbons (Fsp3) is 0.600. The van der Waals surface area contributed by atoms with Gasteiger partial charge >= 0.3 is 0 Å². The first kappa shape index (κ1) is 12.6. The van der Waals surface area contributed by atoms with Crippen molar-refractivity contribution in [3.8, 4) is 0 Å². The second-order valence-electron chi connectivity index (χ2n) is 5.46. The SMILES string of the molecule is Cc1ccc(C(C)NCC2CCN(C)C2)cc1. The van der Waals surface area contributed by atoms with Gasteiger partial charge in [0.05, 0.1) is 0 Å². The minimum atomic E-state index is 0.460. The first-order chi connectivity index (χ1) is 8.15. The van der Waals surface area contributed by atoms with E-state index < -0.39 is 0 Å². The van der Waals surface area contributed by atoms with E-state index in [0.717, 1.165) is 12.5 Å². The van der Waals surface area contributed by atoms with Crippen LogP contribution in [-0.4, -0.2) is 31.6 Å². The Hall–Kier alpha value is -0.860. The standard InChI is InChI=1S/C15H24N2/c1-12-4-6-15(7-5-12)13(2)16-10-14-8-9-17(3)11-14/h4-7,13-14,16H,8-11H2,1-3H3. The van der Waals surface area contributed by atoms with Crippen LogP contribution in [-0.2, 0) is 0 Å². The zero-order valence-corrected chi connectivity index (χ0v) is 11.2. The quantitative estimate of drug-likeness (QED) is 0.858. The lowest BCUT2D eigenvalue weighted by molar-refractivity contribution is 0.382. The van der Waals surface area contributed by atoms with Gasteiger partial charge in [0.2, 0.25) is 0 Å². The lowest BCUT2D eigenvalue weighted by Gasteiger charge is -2.17. The van der Waals surface area contributed by atoms with Gasteiger partial charge < -0.3 is 10.2 Å². The highest BCUT2D eigenvalue weighted by atomic mass is 15.1. The minimum absolute atomic E-state index is 0.460. The average Bonchev–Trinajstić information content (AvgIpc) is 2.73. The van der Waals surface area contributed by atoms with Crippen LogP contribution in [0.15, 0.2) is 24.3 Å². The van der Waals surface area contributed by atoms with Crippen molar-refractivity contribution in [1.82, 2.24) is 10.2 Å². The predicted molar refractivity (Wildman–Crippen MR) is 73.2 cm³/mol. The van der Waals surface area contributed by atoms with E-state index in [1.165, 1.54) is 30.6 Å². The summed E-state index contributed by atoms with van der Waals surface area (Å²) in [6.45, 7) is 8.03. The Kier molecular flexibility index (Phi) is 4.19. The first-order valence-corrected chi connectivity index (χ1v) is 6.63. The summed E-state index contributed by atoms with van der Waals surface area (Å²) in [7, 11) is 2.21. The number of benzene rings is 1. The Bertz CT molecular complexity index is 344. The molecule has 0 amide bonds. The highest BCUT2D eigenvalue weighted by Gasteiger charge is 2.19. The number of rotatable bonds is 4. The molecule has 2 nitrogen and oxygen atoms in total. The smallest absolute Gasteiger partial charge is 0.0291 e. The molecule has 0 spiro atoms. The van der Waals surface area contributed by atoms with Gasteiger partial charge in [-0.15, -0.1) is 0 Å². The van der Waals surface area contributed by atoms with Crippen LogP contribution in [0, 0.1) is 12.8 Å². The predicted octanol–water partition coefficient (Wildman–Crippen LogP) is 2.60. The summed E-state index contributed by atoms with van der Waals surface area (Å²) >= 11 is 0. The third-order valence-electron chi connectivity index (χ3n) is 3.78. The number of likely N-dealkylation sites (tertiary alicyclic amines) is 1. The van der Waals surface area contributed by atoms with E-state index in [9.17, 15) is 0 Å². The topological polar surface area (TPSA) is 15.3 Å². The molecule has 1 aromatic carbocycles. The van der Waals surface area contributed by atoms with E-state index in [2.05, 4.69) is 55.4 Å². The van der Waals surface area contributed by atoms with E-state index in [1.54, 1.807) is 0 Å². The van der Waals surface area contributed by atoms with Crippen molar-refractivity contribution >= 4 is 0 Å². The summed E-state index contributed by atoms with van der Waals surface area (Å²) in [6.07, 6.45) is 1.34. The summed E-state index contributed by atoms with van der Waals surface area (Å²) in [6, 6.07) is 9.30. The third kappa shape index (κ3) is 3.55. The van der Waals surface area contributed by atoms with Crippen molar-refractivity contribution in [2.24, 2.45) is 5.92 Å². The zero-order chi connectivity index (χ0) is 12.3. The molecule has 0 saturated carbocycles. The molecule has 2 unspecified atom stereocenters. The van der Waals surface area contributed by atoms with E-state index in [1.807, 2.05) is 0 Å². The van der Waals surface area contributed by atoms with Crippen LogP contribution in [0.3, 0.4) is 0 Å². The van der Waals surface area contributed by atoms with Gasteiger partial charge in [-0.25, -0.2) is 0 Å². The lowest BCUT2D eigenvalue weighted by Crippen LogP contribution is -2.27. The molecular weight excluding hydrogens is 208 g/mol. The zero-order valence-electron chi connectivity index (χ0n) is 11.2. The summed E-state index contributed by atoms with van der Waals surface area (Å²) in [4.78, 5) is 2.42. The molecule has 1 N–H and O–H groups in total. The second kappa shape index (κ2) is 5.65. The Morgan fingerprint density at radius 1 is 1.35 bits per heavy atom. The number of hydrogen-bond acceptors (Lipinski definition) is 2. The number of nitrogens with one attached hydrogen (secondary N) is 1. The largest absolute Gasteiger partial charge is 0.310 e. The minimum Gasteiger partial charge on any atom is -0.310 e. The fourth-order valence-corrected chi connectivity index (χ4v) is 2.51. The maximum absolute atomic E-state index is 3.65. The van der Waals surface area contributed by atoms with Gasteiger partial charge in [0.15, 0.2) is 0 Å². The molecule has 2 heteroatoms. The van der Waals surface area contributed by atoms with Gasteiger partial charge in [0, 0.05) is 12.6 Å². The van der Waals surface area contributed by atoms with Crippen molar-refractivity contribution in [2.75, 3.05) is 26.7 Å². The van der Waals surface area contributed by atoms with Crippen molar-refractivity contribution in [3.63, 3.8) is 0 Å². The molecule has 2 rings (SSSR count). The van der Waals surface area contributed by atoms with Crippen LogP contribution in [0.4, 0.5) is 0 Å². The highest BCUT2D eigenvalue weighted by Crippen LogP contribution is 2.17. The molecule has 1 aromatic rings. The Morgan fingerprint density at radius 2 is 2.06 bits per heavy atom. The van der Waals surface area contributed by atoms with Gasteiger partial charge in [0.1, 0.15) is 0 Å². The third-order valence-corrected chi connectivity index (χ3v) is 3.78. The molecule has 1 heterocycles. The number of nitrogens with zero attached hydrogens (tertiary/aromatic N) is 1. The van der Waals surface area contributed by atoms with Gasteiger partial charge in [-0.05, 0) is 51.9 Å². The Morgan fingerprint density at radius 3 is 2.65 bits per heavy atom. The molecule has 1 fully saturated rings. The molecule has 1 saturated heterocycles. The van der Waals surface area contributed by atoms with E-state index in [-0.39, 0.29) is 0 Å². The fourth-order valence-electron chi connectivity index (χ4n) is 2.51. The molecule has 0 bridgehead atoms. The van der Waals surface area contributed by atoms with Crippen molar-refractivity contribution < 1.29 is 0 Å². The van der Waals surface area contributed by atoms with Gasteiger partial charge in [-0.3, -0.25) is 0 Å². The monoisotopic (exact) mass is 232 g/mol. The molecular formula is C15H24N2. The van der Waals surface area contributed by atoms with Crippen molar-refractivity contribution in [3.05, 3.63) is 35.4 Å². The number of aryl methyl sites for hydroxylation is 1. The molecule has 1 aliphatic heterocycles. The molecule has 0 radical (unpaired) electrons. The molecule has 94 valence electrons. The summed E-state index contributed by atoms with van der Waals surface area (Å²) in [5.41, 5.74) is 2.72. The average molecular weight is 232 g/mol. The Labute approximate surface area is 105 Å². The molecule has 0 aliphatic carbocycles. The summed E-state index contributed by atoms with van der Waals surface area (Å²) in [5, 5.41) is 3.65. The maximum Gasteiger partial charge on any atom is 0.0291 e. The Balaban J connectivity index is 1.81. The van der Waals surface area contributed by atoms with Crippen molar-refractivity contribution in [2.45, 2.75) is 26.3 Å². The van der Waals surface area contributed by atoms with Crippen LogP contribution < -0.4 is 5.32 Å². The summed E-state index contributed by atoms with van der Waals surface area (Å²) < 4.78 is 0. The van der Waals surface area contributed by atoms with Crippen LogP contribution >= 0.6 is 0 Å². The molecule has 0 aromatic heterocycles. The highest BCUT2D eigenvalue weighted by molar-refractivity contribution is 5.23. The van der Waals surface area contributed by atoms with Crippen LogP contribution in [0.1, 0.15) is 30.5 Å². The lowest BCUT2D eigenvalue weighted by atomic mass is 10.0. The molecule has 17 heavy (non-hydrogen) atoms. The van der Waals surface area contributed by atoms with Crippen LogP contribution in [0.2, 0.25) is 0 Å². The maximum atomic E-state index is 3.65. The number of hydrogen-bond donors (Lipinski definition) is 1. The van der Waals surface area contributed by atoms with Crippen molar-refractivity contribution in [1.29, 1.82) is 0 Å². The van der Waals surface area contributed by atoms with Gasteiger partial charge in [-0.1, -0.05) is 29.8 Å². The van der Waals surface area contributed by atoms with Gasteiger partial charge in [0.25, 0.3) is 0 Å². The second-order valence-corrected chi connectivity index (χ2v) is 5.46. The van der Waals surface area contributed by atoms with E-state index in [4.69, 9.17) is 0 Å².